The molecule has 0 unspecified atom stereocenters. The van der Waals surface area contributed by atoms with Crippen LogP contribution >= 0.6 is 11.3 Å². The van der Waals surface area contributed by atoms with Crippen LogP contribution in [0.15, 0.2) is 89.5 Å². The van der Waals surface area contributed by atoms with Gasteiger partial charge >= 0.3 is 0 Å². The number of hydrogen-bond donors (Lipinski definition) is 1. The Labute approximate surface area is 193 Å². The molecule has 0 saturated heterocycles. The van der Waals surface area contributed by atoms with Crippen molar-refractivity contribution in [3.8, 4) is 5.75 Å². The van der Waals surface area contributed by atoms with E-state index >= 15 is 0 Å². The summed E-state index contributed by atoms with van der Waals surface area (Å²) in [4.78, 5) is 18.2. The molecule has 0 atom stereocenters. The zero-order valence-corrected chi connectivity index (χ0v) is 18.3. The molecule has 7 heteroatoms. The number of aromatic nitrogens is 1. The largest absolute Gasteiger partial charge is 0.489 e. The van der Waals surface area contributed by atoms with E-state index in [1.54, 1.807) is 24.4 Å². The highest BCUT2D eigenvalue weighted by atomic mass is 32.1. The maximum absolute atomic E-state index is 13.9. The number of ether oxygens (including phenoxy) is 1. The molecule has 0 bridgehead atoms. The van der Waals surface area contributed by atoms with Gasteiger partial charge in [-0.25, -0.2) is 9.37 Å². The third-order valence-electron chi connectivity index (χ3n) is 5.13. The smallest absolute Gasteiger partial charge is 0.293 e. The summed E-state index contributed by atoms with van der Waals surface area (Å²) in [6, 6.07) is 23.5. The second-order valence-electron chi connectivity index (χ2n) is 7.36. The number of amides is 1. The minimum Gasteiger partial charge on any atom is -0.489 e. The van der Waals surface area contributed by atoms with Gasteiger partial charge in [0.05, 0.1) is 0 Å². The number of para-hydroxylation sites is 2. The Morgan fingerprint density at radius 3 is 2.61 bits per heavy atom. The lowest BCUT2D eigenvalue weighted by atomic mass is 10.1. The van der Waals surface area contributed by atoms with Crippen LogP contribution in [-0.4, -0.2) is 10.9 Å². The predicted octanol–water partition coefficient (Wildman–Crippen LogP) is 6.45. The van der Waals surface area contributed by atoms with Crippen molar-refractivity contribution in [1.29, 1.82) is 0 Å². The lowest BCUT2D eigenvalue weighted by Gasteiger charge is -2.07. The molecule has 33 heavy (non-hydrogen) atoms. The third kappa shape index (κ3) is 4.63. The Kier molecular flexibility index (Phi) is 5.87. The molecule has 1 amide bonds. The van der Waals surface area contributed by atoms with Gasteiger partial charge in [0, 0.05) is 28.4 Å². The van der Waals surface area contributed by atoms with Crippen molar-refractivity contribution in [2.75, 3.05) is 5.32 Å². The molecule has 0 aliphatic heterocycles. The molecule has 0 spiro atoms. The maximum atomic E-state index is 13.9. The second-order valence-corrected chi connectivity index (χ2v) is 8.48. The average Bonchev–Trinajstić information content (AvgIpc) is 3.44. The van der Waals surface area contributed by atoms with Crippen LogP contribution in [0.2, 0.25) is 0 Å². The minimum absolute atomic E-state index is 0.179. The number of rotatable bonds is 7. The number of carbonyl (C=O) groups is 1. The van der Waals surface area contributed by atoms with E-state index in [1.165, 1.54) is 17.4 Å². The third-order valence-corrected chi connectivity index (χ3v) is 6.04. The Balaban J connectivity index is 1.36. The molecular weight excluding hydrogens is 439 g/mol. The van der Waals surface area contributed by atoms with Gasteiger partial charge in [0.15, 0.2) is 10.9 Å². The van der Waals surface area contributed by atoms with Crippen LogP contribution in [0, 0.1) is 5.82 Å². The van der Waals surface area contributed by atoms with Crippen molar-refractivity contribution in [3.63, 3.8) is 0 Å². The number of fused-ring (bicyclic) bond motifs is 1. The van der Waals surface area contributed by atoms with E-state index < -0.39 is 5.91 Å². The summed E-state index contributed by atoms with van der Waals surface area (Å²) in [5.41, 5.74) is 1.85. The number of nitrogens with one attached hydrogen (secondary N) is 1. The molecule has 0 aliphatic rings. The highest BCUT2D eigenvalue weighted by Gasteiger charge is 2.22. The number of anilines is 1. The topological polar surface area (TPSA) is 64.4 Å². The Morgan fingerprint density at radius 1 is 1.00 bits per heavy atom. The molecule has 0 radical (unpaired) electrons. The number of benzene rings is 3. The summed E-state index contributed by atoms with van der Waals surface area (Å²) in [7, 11) is 0. The molecule has 164 valence electrons. The zero-order chi connectivity index (χ0) is 22.6. The van der Waals surface area contributed by atoms with Crippen molar-refractivity contribution in [3.05, 3.63) is 113 Å². The summed E-state index contributed by atoms with van der Waals surface area (Å²) >= 11 is 1.30. The van der Waals surface area contributed by atoms with Crippen LogP contribution in [-0.2, 0) is 13.0 Å². The lowest BCUT2D eigenvalue weighted by Crippen LogP contribution is -2.13. The molecule has 1 N–H and O–H groups in total. The van der Waals surface area contributed by atoms with Crippen LogP contribution < -0.4 is 10.1 Å². The molecule has 5 nitrogen and oxygen atoms in total. The molecule has 0 fully saturated rings. The first-order valence-electron chi connectivity index (χ1n) is 10.3. The van der Waals surface area contributed by atoms with Crippen molar-refractivity contribution < 1.29 is 18.3 Å². The van der Waals surface area contributed by atoms with Crippen molar-refractivity contribution in [2.45, 2.75) is 13.0 Å². The Morgan fingerprint density at radius 2 is 1.76 bits per heavy atom. The van der Waals surface area contributed by atoms with E-state index in [0.717, 1.165) is 10.3 Å². The normalized spacial score (nSPS) is 10.9. The molecule has 0 aliphatic carbocycles. The molecule has 5 aromatic rings. The van der Waals surface area contributed by atoms with Gasteiger partial charge in [-0.3, -0.25) is 10.1 Å². The zero-order valence-electron chi connectivity index (χ0n) is 17.5. The van der Waals surface area contributed by atoms with Crippen molar-refractivity contribution in [2.24, 2.45) is 0 Å². The summed E-state index contributed by atoms with van der Waals surface area (Å²) in [6.07, 6.45) is 2.05. The SMILES string of the molecule is O=C(Nc1ncc(Cc2ccccc2F)s1)c1oc2ccccc2c1COc1ccccc1. The average molecular weight is 459 g/mol. The monoisotopic (exact) mass is 458 g/mol. The second kappa shape index (κ2) is 9.26. The van der Waals surface area contributed by atoms with Crippen LogP contribution in [0.5, 0.6) is 5.75 Å². The minimum atomic E-state index is -0.412. The van der Waals surface area contributed by atoms with E-state index in [0.29, 0.717) is 34.0 Å². The van der Waals surface area contributed by atoms with Crippen LogP contribution in [0.3, 0.4) is 0 Å². The number of halogens is 1. The van der Waals surface area contributed by atoms with E-state index in [2.05, 4.69) is 10.3 Å². The first-order valence-corrected chi connectivity index (χ1v) is 11.2. The summed E-state index contributed by atoms with van der Waals surface area (Å²) in [6.45, 7) is 0.181. The quantitative estimate of drug-likeness (QED) is 0.304. The lowest BCUT2D eigenvalue weighted by molar-refractivity contribution is 0.0995. The van der Waals surface area contributed by atoms with Gasteiger partial charge in [0.25, 0.3) is 5.91 Å². The van der Waals surface area contributed by atoms with Crippen LogP contribution in [0.1, 0.15) is 26.6 Å². The number of thiazole rings is 1. The molecule has 2 aromatic heterocycles. The Hall–Kier alpha value is -3.97. The van der Waals surface area contributed by atoms with Crippen molar-refractivity contribution >= 4 is 33.3 Å². The molecule has 0 saturated carbocycles. The van der Waals surface area contributed by atoms with Gasteiger partial charge < -0.3 is 9.15 Å². The van der Waals surface area contributed by atoms with E-state index in [1.807, 2.05) is 54.6 Å². The number of furan rings is 1. The standard InChI is InChI=1S/C26H19FN2O3S/c27-22-12-6-4-8-17(22)14-19-15-28-26(33-19)29-25(30)24-21(16-31-18-9-2-1-3-10-18)20-11-5-7-13-23(20)32-24/h1-13,15H,14,16H2,(H,28,29,30). The Bertz CT molecular complexity index is 1410. The fourth-order valence-corrected chi connectivity index (χ4v) is 4.36. The van der Waals surface area contributed by atoms with Gasteiger partial charge in [-0.1, -0.05) is 54.6 Å². The van der Waals surface area contributed by atoms with E-state index in [-0.39, 0.29) is 18.2 Å². The molecular formula is C26H19FN2O3S. The number of nitrogens with zero attached hydrogens (tertiary/aromatic N) is 1. The fourth-order valence-electron chi connectivity index (χ4n) is 3.53. The van der Waals surface area contributed by atoms with Gasteiger partial charge in [0.2, 0.25) is 0 Å². The maximum Gasteiger partial charge on any atom is 0.293 e. The summed E-state index contributed by atoms with van der Waals surface area (Å²) < 4.78 is 25.7. The molecule has 2 heterocycles. The summed E-state index contributed by atoms with van der Waals surface area (Å²) in [5, 5.41) is 4.04. The van der Waals surface area contributed by atoms with Crippen molar-refractivity contribution in [1.82, 2.24) is 4.98 Å². The molecule has 5 rings (SSSR count). The van der Waals surface area contributed by atoms with Gasteiger partial charge in [0.1, 0.15) is 23.8 Å². The van der Waals surface area contributed by atoms with E-state index in [4.69, 9.17) is 9.15 Å². The van der Waals surface area contributed by atoms with Crippen LogP contribution in [0.25, 0.3) is 11.0 Å². The van der Waals surface area contributed by atoms with Gasteiger partial charge in [-0.15, -0.1) is 11.3 Å². The predicted molar refractivity (Wildman–Crippen MR) is 126 cm³/mol. The fraction of sp³-hybridized carbons (Fsp3) is 0.0769. The number of carbonyl (C=O) groups excluding carboxylic acids is 1. The highest BCUT2D eigenvalue weighted by molar-refractivity contribution is 7.15. The van der Waals surface area contributed by atoms with Gasteiger partial charge in [-0.2, -0.15) is 0 Å². The van der Waals surface area contributed by atoms with Gasteiger partial charge in [-0.05, 0) is 29.8 Å². The first-order chi connectivity index (χ1) is 16.2. The molecule has 3 aromatic carbocycles. The first kappa shape index (κ1) is 20.9. The van der Waals surface area contributed by atoms with Crippen LogP contribution in [0.4, 0.5) is 9.52 Å². The summed E-state index contributed by atoms with van der Waals surface area (Å²) in [5.74, 6) is 0.205. The highest BCUT2D eigenvalue weighted by Crippen LogP contribution is 2.29. The van der Waals surface area contributed by atoms with E-state index in [9.17, 15) is 9.18 Å². The number of hydrogen-bond acceptors (Lipinski definition) is 5.